The van der Waals surface area contributed by atoms with E-state index in [1.807, 2.05) is 23.1 Å². The molecule has 1 aromatic heterocycles. The van der Waals surface area contributed by atoms with Crippen LogP contribution in [0.3, 0.4) is 0 Å². The summed E-state index contributed by atoms with van der Waals surface area (Å²) in [5.41, 5.74) is 1.78. The first-order valence-corrected chi connectivity index (χ1v) is 10.2. The summed E-state index contributed by atoms with van der Waals surface area (Å²) < 4.78 is 5.08. The van der Waals surface area contributed by atoms with Crippen LogP contribution in [0.4, 0.5) is 0 Å². The van der Waals surface area contributed by atoms with E-state index in [1.54, 1.807) is 13.4 Å². The standard InChI is InChI=1S/C21H29N5O3/c1-25-10-7-21(20(28)22-8-11-29-2)6-3-9-26(18(21)13-25)19(27)15-4-5-16-17(12-15)24-14-23-16/h4-5,12,14,18H,3,6-11,13H2,1-2H3,(H,22,28)(H,23,24)/t18-,21+/m0/s1. The van der Waals surface area contributed by atoms with E-state index in [2.05, 4.69) is 27.2 Å². The molecule has 8 nitrogen and oxygen atoms in total. The molecule has 2 aromatic rings. The van der Waals surface area contributed by atoms with E-state index in [0.717, 1.165) is 36.8 Å². The highest BCUT2D eigenvalue weighted by molar-refractivity contribution is 5.98. The Morgan fingerprint density at radius 1 is 1.34 bits per heavy atom. The van der Waals surface area contributed by atoms with Crippen LogP contribution in [0.5, 0.6) is 0 Å². The fourth-order valence-corrected chi connectivity index (χ4v) is 4.83. The minimum atomic E-state index is -0.535. The molecular formula is C21H29N5O3. The Hall–Kier alpha value is -2.45. The van der Waals surface area contributed by atoms with Crippen LogP contribution in [-0.2, 0) is 9.53 Å². The van der Waals surface area contributed by atoms with E-state index in [4.69, 9.17) is 4.74 Å². The van der Waals surface area contributed by atoms with Crippen molar-refractivity contribution in [2.75, 3.05) is 46.9 Å². The number of fused-ring (bicyclic) bond motifs is 2. The van der Waals surface area contributed by atoms with Crippen molar-refractivity contribution in [3.8, 4) is 0 Å². The predicted octanol–water partition coefficient (Wildman–Crippen LogP) is 1.25. The van der Waals surface area contributed by atoms with Gasteiger partial charge in [-0.1, -0.05) is 0 Å². The van der Waals surface area contributed by atoms with Gasteiger partial charge in [-0.15, -0.1) is 0 Å². The molecule has 2 saturated heterocycles. The van der Waals surface area contributed by atoms with Crippen LogP contribution in [0.1, 0.15) is 29.6 Å². The molecule has 1 aromatic carbocycles. The van der Waals surface area contributed by atoms with Crippen LogP contribution in [-0.4, -0.2) is 84.6 Å². The fraction of sp³-hybridized carbons (Fsp3) is 0.571. The summed E-state index contributed by atoms with van der Waals surface area (Å²) in [7, 11) is 3.68. The molecule has 2 amide bonds. The Labute approximate surface area is 170 Å². The van der Waals surface area contributed by atoms with Gasteiger partial charge >= 0.3 is 0 Å². The Kier molecular flexibility index (Phi) is 5.56. The lowest BCUT2D eigenvalue weighted by molar-refractivity contribution is -0.142. The van der Waals surface area contributed by atoms with E-state index in [-0.39, 0.29) is 17.9 Å². The number of ether oxygens (including phenoxy) is 1. The molecule has 2 N–H and O–H groups in total. The van der Waals surface area contributed by atoms with Gasteiger partial charge in [-0.25, -0.2) is 4.98 Å². The molecule has 156 valence electrons. The number of likely N-dealkylation sites (N-methyl/N-ethyl adjacent to an activating group) is 1. The number of hydrogen-bond donors (Lipinski definition) is 2. The number of nitrogens with one attached hydrogen (secondary N) is 2. The van der Waals surface area contributed by atoms with Crippen LogP contribution >= 0.6 is 0 Å². The molecule has 29 heavy (non-hydrogen) atoms. The van der Waals surface area contributed by atoms with Crippen molar-refractivity contribution in [2.45, 2.75) is 25.3 Å². The number of carbonyl (C=O) groups excluding carboxylic acids is 2. The number of rotatable bonds is 5. The summed E-state index contributed by atoms with van der Waals surface area (Å²) in [6.07, 6.45) is 4.03. The van der Waals surface area contributed by atoms with Gasteiger partial charge in [-0.05, 0) is 51.1 Å². The molecule has 0 aliphatic carbocycles. The molecule has 0 bridgehead atoms. The molecule has 0 spiro atoms. The molecule has 4 rings (SSSR count). The molecular weight excluding hydrogens is 370 g/mol. The lowest BCUT2D eigenvalue weighted by atomic mass is 9.67. The number of piperidine rings is 2. The van der Waals surface area contributed by atoms with Gasteiger partial charge in [0.15, 0.2) is 0 Å². The number of likely N-dealkylation sites (tertiary alicyclic amines) is 2. The number of carbonyl (C=O) groups is 2. The summed E-state index contributed by atoms with van der Waals surface area (Å²) >= 11 is 0. The van der Waals surface area contributed by atoms with Gasteiger partial charge < -0.3 is 24.8 Å². The molecule has 0 radical (unpaired) electrons. The number of imidazole rings is 1. The van der Waals surface area contributed by atoms with Gasteiger partial charge in [0.25, 0.3) is 5.91 Å². The third-order valence-electron chi connectivity index (χ3n) is 6.43. The minimum Gasteiger partial charge on any atom is -0.383 e. The van der Waals surface area contributed by atoms with Crippen molar-refractivity contribution in [3.05, 3.63) is 30.1 Å². The Bertz CT molecular complexity index is 897. The smallest absolute Gasteiger partial charge is 0.254 e. The van der Waals surface area contributed by atoms with Gasteiger partial charge in [0.05, 0.1) is 35.4 Å². The largest absolute Gasteiger partial charge is 0.383 e. The molecule has 0 unspecified atom stereocenters. The zero-order chi connectivity index (χ0) is 20.4. The molecule has 2 aliphatic rings. The third-order valence-corrected chi connectivity index (χ3v) is 6.43. The Morgan fingerprint density at radius 3 is 3.03 bits per heavy atom. The first-order chi connectivity index (χ1) is 14.0. The van der Waals surface area contributed by atoms with Crippen LogP contribution in [0.25, 0.3) is 11.0 Å². The molecule has 2 fully saturated rings. The number of aromatic amines is 1. The van der Waals surface area contributed by atoms with Gasteiger partial charge in [-0.2, -0.15) is 0 Å². The highest BCUT2D eigenvalue weighted by Crippen LogP contribution is 2.43. The summed E-state index contributed by atoms with van der Waals surface area (Å²) in [4.78, 5) is 38.2. The second-order valence-corrected chi connectivity index (χ2v) is 8.17. The van der Waals surface area contributed by atoms with Crippen molar-refractivity contribution in [1.82, 2.24) is 25.1 Å². The van der Waals surface area contributed by atoms with Gasteiger partial charge in [-0.3, -0.25) is 9.59 Å². The van der Waals surface area contributed by atoms with Crippen molar-refractivity contribution in [1.29, 1.82) is 0 Å². The third kappa shape index (κ3) is 3.62. The molecule has 2 atom stereocenters. The number of H-pyrrole nitrogens is 1. The summed E-state index contributed by atoms with van der Waals surface area (Å²) in [5, 5.41) is 3.04. The first-order valence-electron chi connectivity index (χ1n) is 10.2. The average molecular weight is 399 g/mol. The van der Waals surface area contributed by atoms with E-state index < -0.39 is 5.41 Å². The van der Waals surface area contributed by atoms with Crippen molar-refractivity contribution < 1.29 is 14.3 Å². The lowest BCUT2D eigenvalue weighted by Gasteiger charge is -2.53. The number of nitrogens with zero attached hydrogens (tertiary/aromatic N) is 3. The van der Waals surface area contributed by atoms with Crippen molar-refractivity contribution in [2.24, 2.45) is 5.41 Å². The van der Waals surface area contributed by atoms with Crippen LogP contribution in [0, 0.1) is 5.41 Å². The van der Waals surface area contributed by atoms with Crippen molar-refractivity contribution >= 4 is 22.8 Å². The normalized spacial score (nSPS) is 25.0. The van der Waals surface area contributed by atoms with Crippen molar-refractivity contribution in [3.63, 3.8) is 0 Å². The lowest BCUT2D eigenvalue weighted by Crippen LogP contribution is -2.66. The fourth-order valence-electron chi connectivity index (χ4n) is 4.83. The topological polar surface area (TPSA) is 90.6 Å². The molecule has 3 heterocycles. The maximum absolute atomic E-state index is 13.5. The SMILES string of the molecule is COCCNC(=O)[C@@]12CCCN(C(=O)c3ccc4nc[nH]c4c3)[C@H]1CN(C)CC2. The number of aromatic nitrogens is 2. The maximum atomic E-state index is 13.5. The number of benzene rings is 1. The summed E-state index contributed by atoms with van der Waals surface area (Å²) in [6, 6.07) is 5.40. The van der Waals surface area contributed by atoms with E-state index in [9.17, 15) is 9.59 Å². The minimum absolute atomic E-state index is 0.0180. The predicted molar refractivity (Wildman–Crippen MR) is 110 cm³/mol. The molecule has 2 aliphatic heterocycles. The molecule has 8 heteroatoms. The zero-order valence-electron chi connectivity index (χ0n) is 17.1. The summed E-state index contributed by atoms with van der Waals surface area (Å²) in [6.45, 7) is 3.21. The van der Waals surface area contributed by atoms with E-state index in [0.29, 0.717) is 31.8 Å². The van der Waals surface area contributed by atoms with Gasteiger partial charge in [0.2, 0.25) is 5.91 Å². The summed E-state index contributed by atoms with van der Waals surface area (Å²) in [5.74, 6) is 0.0322. The monoisotopic (exact) mass is 399 g/mol. The number of methoxy groups -OCH3 is 1. The Morgan fingerprint density at radius 2 is 2.21 bits per heavy atom. The Balaban J connectivity index is 1.62. The second-order valence-electron chi connectivity index (χ2n) is 8.17. The van der Waals surface area contributed by atoms with Gasteiger partial charge in [0.1, 0.15) is 0 Å². The molecule has 0 saturated carbocycles. The van der Waals surface area contributed by atoms with E-state index in [1.165, 1.54) is 0 Å². The first kappa shape index (κ1) is 19.8. The van der Waals surface area contributed by atoms with Crippen LogP contribution < -0.4 is 5.32 Å². The number of hydrogen-bond acceptors (Lipinski definition) is 5. The van der Waals surface area contributed by atoms with E-state index >= 15 is 0 Å². The van der Waals surface area contributed by atoms with Crippen LogP contribution in [0.2, 0.25) is 0 Å². The highest BCUT2D eigenvalue weighted by atomic mass is 16.5. The maximum Gasteiger partial charge on any atom is 0.254 e. The number of amides is 2. The average Bonchev–Trinajstić information content (AvgIpc) is 3.20. The van der Waals surface area contributed by atoms with Crippen LogP contribution in [0.15, 0.2) is 24.5 Å². The quantitative estimate of drug-likeness (QED) is 0.739. The zero-order valence-corrected chi connectivity index (χ0v) is 17.1. The highest BCUT2D eigenvalue weighted by Gasteiger charge is 2.53. The second kappa shape index (κ2) is 8.12. The van der Waals surface area contributed by atoms with Gasteiger partial charge in [0, 0.05) is 32.3 Å².